The van der Waals surface area contributed by atoms with Gasteiger partial charge in [0.1, 0.15) is 12.0 Å². The molecule has 3 heterocycles. The van der Waals surface area contributed by atoms with Gasteiger partial charge in [0.15, 0.2) is 0 Å². The minimum atomic E-state index is -0.313. The monoisotopic (exact) mass is 340 g/mol. The largest absolute Gasteiger partial charge is 0.359 e. The lowest BCUT2D eigenvalue weighted by molar-refractivity contribution is -0.124. The van der Waals surface area contributed by atoms with Gasteiger partial charge in [0.2, 0.25) is 5.91 Å². The third kappa shape index (κ3) is 4.16. The average molecular weight is 340 g/mol. The fourth-order valence-electron chi connectivity index (χ4n) is 3.03. The van der Waals surface area contributed by atoms with Crippen molar-refractivity contribution in [2.24, 2.45) is 5.92 Å². The quantitative estimate of drug-likeness (QED) is 0.785. The first-order valence-corrected chi connectivity index (χ1v) is 8.07. The average Bonchev–Trinajstić information content (AvgIpc) is 3.04. The number of aromatic nitrogens is 3. The van der Waals surface area contributed by atoms with Crippen LogP contribution in [0.3, 0.4) is 0 Å². The number of amides is 2. The van der Waals surface area contributed by atoms with Crippen LogP contribution in [-0.4, -0.2) is 57.8 Å². The molecule has 2 atom stereocenters. The fourth-order valence-corrected chi connectivity index (χ4v) is 3.03. The van der Waals surface area contributed by atoms with Crippen LogP contribution in [-0.2, 0) is 11.3 Å². The molecule has 0 aliphatic carbocycles. The Morgan fingerprint density at radius 2 is 2.12 bits per heavy atom. The molecule has 1 fully saturated rings. The van der Waals surface area contributed by atoms with Crippen molar-refractivity contribution in [2.45, 2.75) is 12.6 Å². The Kier molecular flexibility index (Phi) is 5.30. The molecule has 25 heavy (non-hydrogen) atoms. The highest BCUT2D eigenvalue weighted by molar-refractivity contribution is 5.93. The van der Waals surface area contributed by atoms with Gasteiger partial charge in [-0.25, -0.2) is 9.97 Å². The first-order valence-electron chi connectivity index (χ1n) is 8.07. The Hall–Kier alpha value is -2.87. The summed E-state index contributed by atoms with van der Waals surface area (Å²) in [5.74, 6) is -0.696. The highest BCUT2D eigenvalue weighted by Crippen LogP contribution is 2.20. The lowest BCUT2D eigenvalue weighted by atomic mass is 10.0. The molecular weight excluding hydrogens is 320 g/mol. The van der Waals surface area contributed by atoms with Crippen LogP contribution >= 0.6 is 0 Å². The minimum absolute atomic E-state index is 0.0818. The zero-order valence-electron chi connectivity index (χ0n) is 13.9. The van der Waals surface area contributed by atoms with Crippen molar-refractivity contribution < 1.29 is 9.59 Å². The van der Waals surface area contributed by atoms with Crippen molar-refractivity contribution in [2.75, 3.05) is 20.1 Å². The van der Waals surface area contributed by atoms with Gasteiger partial charge in [0, 0.05) is 45.3 Å². The summed E-state index contributed by atoms with van der Waals surface area (Å²) in [6.07, 6.45) is 6.38. The molecule has 2 N–H and O–H groups in total. The van der Waals surface area contributed by atoms with Crippen LogP contribution in [0.1, 0.15) is 16.1 Å². The lowest BCUT2D eigenvalue weighted by Gasteiger charge is -2.18. The molecule has 0 radical (unpaired) electrons. The maximum absolute atomic E-state index is 12.4. The molecule has 2 aromatic rings. The highest BCUT2D eigenvalue weighted by atomic mass is 16.2. The predicted molar refractivity (Wildman–Crippen MR) is 90.4 cm³/mol. The Bertz CT molecular complexity index is 724. The van der Waals surface area contributed by atoms with Gasteiger partial charge in [-0.15, -0.1) is 0 Å². The number of nitrogens with one attached hydrogen (secondary N) is 2. The van der Waals surface area contributed by atoms with E-state index in [2.05, 4.69) is 30.5 Å². The third-order valence-electron chi connectivity index (χ3n) is 4.24. The van der Waals surface area contributed by atoms with Crippen LogP contribution < -0.4 is 10.6 Å². The van der Waals surface area contributed by atoms with E-state index in [1.165, 1.54) is 12.5 Å². The van der Waals surface area contributed by atoms with Gasteiger partial charge >= 0.3 is 0 Å². The van der Waals surface area contributed by atoms with E-state index < -0.39 is 0 Å². The van der Waals surface area contributed by atoms with Gasteiger partial charge in [-0.1, -0.05) is 6.07 Å². The molecule has 8 heteroatoms. The second-order valence-electron chi connectivity index (χ2n) is 5.95. The second-order valence-corrected chi connectivity index (χ2v) is 5.95. The van der Waals surface area contributed by atoms with Crippen molar-refractivity contribution >= 4 is 11.8 Å². The third-order valence-corrected chi connectivity index (χ3v) is 4.24. The Morgan fingerprint density at radius 3 is 2.80 bits per heavy atom. The van der Waals surface area contributed by atoms with E-state index in [4.69, 9.17) is 0 Å². The molecule has 0 saturated carbocycles. The SMILES string of the molecule is CNC(=O)[C@H]1CN(Cc2cccnc2)C[C@@H]1NC(=O)c1ccncn1. The summed E-state index contributed by atoms with van der Waals surface area (Å²) in [6, 6.07) is 5.15. The van der Waals surface area contributed by atoms with E-state index in [1.807, 2.05) is 18.3 Å². The van der Waals surface area contributed by atoms with Crippen LogP contribution in [0.5, 0.6) is 0 Å². The topological polar surface area (TPSA) is 100 Å². The van der Waals surface area contributed by atoms with Crippen LogP contribution in [0, 0.1) is 5.92 Å². The van der Waals surface area contributed by atoms with Gasteiger partial charge in [0.25, 0.3) is 5.91 Å². The molecule has 1 aliphatic rings. The van der Waals surface area contributed by atoms with E-state index in [-0.39, 0.29) is 29.5 Å². The van der Waals surface area contributed by atoms with Crippen LogP contribution in [0.15, 0.2) is 43.1 Å². The van der Waals surface area contributed by atoms with Gasteiger partial charge in [-0.2, -0.15) is 0 Å². The molecule has 0 bridgehead atoms. The maximum Gasteiger partial charge on any atom is 0.270 e. The van der Waals surface area contributed by atoms with Crippen LogP contribution in [0.4, 0.5) is 0 Å². The van der Waals surface area contributed by atoms with Crippen LogP contribution in [0.2, 0.25) is 0 Å². The molecule has 0 aromatic carbocycles. The van der Waals surface area contributed by atoms with Crippen molar-refractivity contribution in [3.63, 3.8) is 0 Å². The molecule has 130 valence electrons. The molecule has 2 aromatic heterocycles. The zero-order chi connectivity index (χ0) is 17.6. The molecule has 0 spiro atoms. The van der Waals surface area contributed by atoms with Crippen LogP contribution in [0.25, 0.3) is 0 Å². The van der Waals surface area contributed by atoms with Gasteiger partial charge in [0.05, 0.1) is 12.0 Å². The number of pyridine rings is 1. The lowest BCUT2D eigenvalue weighted by Crippen LogP contribution is -2.45. The molecule has 3 rings (SSSR count). The molecule has 2 amide bonds. The summed E-state index contributed by atoms with van der Waals surface area (Å²) in [6.45, 7) is 1.84. The van der Waals surface area contributed by atoms with Gasteiger partial charge in [-0.3, -0.25) is 19.5 Å². The number of likely N-dealkylation sites (tertiary alicyclic amines) is 1. The van der Waals surface area contributed by atoms with E-state index >= 15 is 0 Å². The number of carbonyl (C=O) groups excluding carboxylic acids is 2. The van der Waals surface area contributed by atoms with Crippen molar-refractivity contribution in [3.05, 3.63) is 54.4 Å². The Balaban J connectivity index is 1.69. The normalized spacial score (nSPS) is 20.2. The smallest absolute Gasteiger partial charge is 0.270 e. The Labute approximate surface area is 145 Å². The van der Waals surface area contributed by atoms with E-state index in [1.54, 1.807) is 19.3 Å². The zero-order valence-corrected chi connectivity index (χ0v) is 13.9. The summed E-state index contributed by atoms with van der Waals surface area (Å²) in [5, 5.41) is 5.61. The number of hydrogen-bond acceptors (Lipinski definition) is 6. The molecule has 1 aliphatic heterocycles. The number of carbonyl (C=O) groups is 2. The minimum Gasteiger partial charge on any atom is -0.359 e. The number of hydrogen-bond donors (Lipinski definition) is 2. The molecule has 1 saturated heterocycles. The fraction of sp³-hybridized carbons (Fsp3) is 0.353. The first-order chi connectivity index (χ1) is 12.2. The summed E-state index contributed by atoms with van der Waals surface area (Å²) in [4.78, 5) is 38.6. The summed E-state index contributed by atoms with van der Waals surface area (Å²) in [5.41, 5.74) is 1.36. The standard InChI is InChI=1S/C17H20N6O2/c1-18-16(24)13-9-23(8-12-3-2-5-19-7-12)10-15(13)22-17(25)14-4-6-20-11-21-14/h2-7,11,13,15H,8-10H2,1H3,(H,18,24)(H,22,25)/t13-,15-/m0/s1. The Morgan fingerprint density at radius 1 is 1.24 bits per heavy atom. The maximum atomic E-state index is 12.4. The first kappa shape index (κ1) is 17.0. The van der Waals surface area contributed by atoms with Crippen molar-refractivity contribution in [1.29, 1.82) is 0 Å². The highest BCUT2D eigenvalue weighted by Gasteiger charge is 2.38. The van der Waals surface area contributed by atoms with E-state index in [9.17, 15) is 9.59 Å². The predicted octanol–water partition coefficient (Wildman–Crippen LogP) is -0.152. The summed E-state index contributed by atoms with van der Waals surface area (Å²) in [7, 11) is 1.61. The number of rotatable bonds is 5. The number of nitrogens with zero attached hydrogens (tertiary/aromatic N) is 4. The molecular formula is C17H20N6O2. The second kappa shape index (κ2) is 7.80. The summed E-state index contributed by atoms with van der Waals surface area (Å²) < 4.78 is 0. The molecule has 0 unspecified atom stereocenters. The summed E-state index contributed by atoms with van der Waals surface area (Å²) >= 11 is 0. The van der Waals surface area contributed by atoms with E-state index in [0.29, 0.717) is 19.6 Å². The van der Waals surface area contributed by atoms with E-state index in [0.717, 1.165) is 5.56 Å². The molecule has 8 nitrogen and oxygen atoms in total. The van der Waals surface area contributed by atoms with Crippen molar-refractivity contribution in [1.82, 2.24) is 30.5 Å². The van der Waals surface area contributed by atoms with Crippen molar-refractivity contribution in [3.8, 4) is 0 Å². The van der Waals surface area contributed by atoms with Gasteiger partial charge in [-0.05, 0) is 17.7 Å². The van der Waals surface area contributed by atoms with Gasteiger partial charge < -0.3 is 10.6 Å².